The van der Waals surface area contributed by atoms with Crippen LogP contribution in [0.1, 0.15) is 18.4 Å². The lowest BCUT2D eigenvalue weighted by Gasteiger charge is -2.25. The maximum absolute atomic E-state index is 11.3. The molecule has 0 aliphatic carbocycles. The number of amides is 1. The summed E-state index contributed by atoms with van der Waals surface area (Å²) in [6.45, 7) is 0.784. The van der Waals surface area contributed by atoms with Crippen molar-refractivity contribution in [1.82, 2.24) is 0 Å². The summed E-state index contributed by atoms with van der Waals surface area (Å²) in [5.74, 6) is -0.315. The summed E-state index contributed by atoms with van der Waals surface area (Å²) in [5.41, 5.74) is 6.76. The Labute approximate surface area is 94.3 Å². The largest absolute Gasteiger partial charge is 0.368 e. The number of primary amides is 1. The standard InChI is InChI=1S/C12H13N3O/c13-8-9-4-1-2-5-10(9)15-7-3-6-11(15)12(14)16/h1-2,4-5,11H,3,6-7H2,(H2,14,16). The maximum atomic E-state index is 11.3. The molecule has 0 radical (unpaired) electrons. The fourth-order valence-corrected chi connectivity index (χ4v) is 2.17. The molecule has 4 heteroatoms. The quantitative estimate of drug-likeness (QED) is 0.800. The van der Waals surface area contributed by atoms with E-state index in [-0.39, 0.29) is 11.9 Å². The zero-order chi connectivity index (χ0) is 11.5. The summed E-state index contributed by atoms with van der Waals surface area (Å²) in [4.78, 5) is 13.2. The van der Waals surface area contributed by atoms with Gasteiger partial charge < -0.3 is 10.6 Å². The molecule has 1 aliphatic heterocycles. The Bertz CT molecular complexity index is 450. The average molecular weight is 215 g/mol. The van der Waals surface area contributed by atoms with Gasteiger partial charge in [-0.15, -0.1) is 0 Å². The SMILES string of the molecule is N#Cc1ccccc1N1CCCC1C(N)=O. The molecule has 1 atom stereocenters. The maximum Gasteiger partial charge on any atom is 0.240 e. The van der Waals surface area contributed by atoms with E-state index in [9.17, 15) is 4.79 Å². The first-order valence-corrected chi connectivity index (χ1v) is 5.29. The number of nitriles is 1. The third-order valence-electron chi connectivity index (χ3n) is 2.92. The number of carbonyl (C=O) groups excluding carboxylic acids is 1. The van der Waals surface area contributed by atoms with Crippen LogP contribution in [-0.2, 0) is 4.79 Å². The number of benzene rings is 1. The number of para-hydroxylation sites is 1. The van der Waals surface area contributed by atoms with E-state index in [0.717, 1.165) is 25.1 Å². The van der Waals surface area contributed by atoms with Gasteiger partial charge in [0.15, 0.2) is 0 Å². The molecule has 16 heavy (non-hydrogen) atoms. The zero-order valence-electron chi connectivity index (χ0n) is 8.89. The number of anilines is 1. The first-order chi connectivity index (χ1) is 7.74. The van der Waals surface area contributed by atoms with E-state index in [1.165, 1.54) is 0 Å². The second kappa shape index (κ2) is 4.23. The van der Waals surface area contributed by atoms with E-state index in [4.69, 9.17) is 11.0 Å². The third-order valence-corrected chi connectivity index (χ3v) is 2.92. The summed E-state index contributed by atoms with van der Waals surface area (Å²) in [6, 6.07) is 9.17. The van der Waals surface area contributed by atoms with Gasteiger partial charge in [0.25, 0.3) is 0 Å². The molecule has 1 unspecified atom stereocenters. The van der Waals surface area contributed by atoms with Crippen molar-refractivity contribution in [3.05, 3.63) is 29.8 Å². The number of hydrogen-bond acceptors (Lipinski definition) is 3. The van der Waals surface area contributed by atoms with Gasteiger partial charge in [-0.1, -0.05) is 12.1 Å². The second-order valence-electron chi connectivity index (χ2n) is 3.88. The van der Waals surface area contributed by atoms with E-state index in [1.54, 1.807) is 6.07 Å². The van der Waals surface area contributed by atoms with Crippen LogP contribution in [0, 0.1) is 11.3 Å². The highest BCUT2D eigenvalue weighted by molar-refractivity contribution is 5.85. The van der Waals surface area contributed by atoms with Gasteiger partial charge in [-0.2, -0.15) is 5.26 Å². The highest BCUT2D eigenvalue weighted by Gasteiger charge is 2.30. The van der Waals surface area contributed by atoms with Crippen LogP contribution in [0.4, 0.5) is 5.69 Å². The minimum absolute atomic E-state index is 0.269. The number of rotatable bonds is 2. The molecule has 82 valence electrons. The van der Waals surface area contributed by atoms with Crippen LogP contribution in [0.15, 0.2) is 24.3 Å². The highest BCUT2D eigenvalue weighted by Crippen LogP contribution is 2.27. The molecule has 1 fully saturated rings. The average Bonchev–Trinajstić information content (AvgIpc) is 2.77. The lowest BCUT2D eigenvalue weighted by Crippen LogP contribution is -2.40. The minimum atomic E-state index is -0.315. The topological polar surface area (TPSA) is 70.1 Å². The van der Waals surface area contributed by atoms with Gasteiger partial charge in [0.05, 0.1) is 11.3 Å². The Kier molecular flexibility index (Phi) is 2.78. The molecule has 1 heterocycles. The summed E-state index contributed by atoms with van der Waals surface area (Å²) >= 11 is 0. The van der Waals surface area contributed by atoms with E-state index < -0.39 is 0 Å². The van der Waals surface area contributed by atoms with Gasteiger partial charge in [0, 0.05) is 6.54 Å². The molecule has 1 aromatic carbocycles. The Morgan fingerprint density at radius 2 is 2.25 bits per heavy atom. The number of hydrogen-bond donors (Lipinski definition) is 1. The summed E-state index contributed by atoms with van der Waals surface area (Å²) in [6.07, 6.45) is 1.71. The predicted octanol–water partition coefficient (Wildman–Crippen LogP) is 1.01. The van der Waals surface area contributed by atoms with E-state index in [1.807, 2.05) is 23.1 Å². The Balaban J connectivity index is 2.37. The summed E-state index contributed by atoms with van der Waals surface area (Å²) < 4.78 is 0. The Morgan fingerprint density at radius 3 is 2.94 bits per heavy atom. The second-order valence-corrected chi connectivity index (χ2v) is 3.88. The van der Waals surface area contributed by atoms with Gasteiger partial charge in [0.1, 0.15) is 12.1 Å². The van der Waals surface area contributed by atoms with E-state index in [0.29, 0.717) is 5.56 Å². The van der Waals surface area contributed by atoms with Crippen molar-refractivity contribution >= 4 is 11.6 Å². The normalized spacial score (nSPS) is 19.4. The molecule has 2 N–H and O–H groups in total. The van der Waals surface area contributed by atoms with Crippen LogP contribution in [0.25, 0.3) is 0 Å². The summed E-state index contributed by atoms with van der Waals surface area (Å²) in [5, 5.41) is 9.01. The lowest BCUT2D eigenvalue weighted by molar-refractivity contribution is -0.119. The van der Waals surface area contributed by atoms with Gasteiger partial charge >= 0.3 is 0 Å². The molecule has 1 amide bonds. The van der Waals surface area contributed by atoms with Crippen molar-refractivity contribution in [2.24, 2.45) is 5.73 Å². The molecule has 2 rings (SSSR count). The van der Waals surface area contributed by atoms with Gasteiger partial charge in [0.2, 0.25) is 5.91 Å². The van der Waals surface area contributed by atoms with Crippen LogP contribution < -0.4 is 10.6 Å². The lowest BCUT2D eigenvalue weighted by atomic mass is 10.1. The zero-order valence-corrected chi connectivity index (χ0v) is 8.89. The van der Waals surface area contributed by atoms with Gasteiger partial charge in [-0.3, -0.25) is 4.79 Å². The van der Waals surface area contributed by atoms with Crippen molar-refractivity contribution in [2.75, 3.05) is 11.4 Å². The van der Waals surface area contributed by atoms with Crippen LogP contribution in [0.3, 0.4) is 0 Å². The first kappa shape index (κ1) is 10.5. The van der Waals surface area contributed by atoms with Crippen LogP contribution in [0.2, 0.25) is 0 Å². The molecule has 1 aliphatic rings. The highest BCUT2D eigenvalue weighted by atomic mass is 16.1. The molecular formula is C12H13N3O. The van der Waals surface area contributed by atoms with Crippen molar-refractivity contribution < 1.29 is 4.79 Å². The first-order valence-electron chi connectivity index (χ1n) is 5.29. The van der Waals surface area contributed by atoms with Crippen molar-refractivity contribution in [2.45, 2.75) is 18.9 Å². The van der Waals surface area contributed by atoms with Crippen molar-refractivity contribution in [3.8, 4) is 6.07 Å². The monoisotopic (exact) mass is 215 g/mol. The fourth-order valence-electron chi connectivity index (χ4n) is 2.17. The predicted molar refractivity (Wildman–Crippen MR) is 60.7 cm³/mol. The number of nitrogens with zero attached hydrogens (tertiary/aromatic N) is 2. The minimum Gasteiger partial charge on any atom is -0.368 e. The summed E-state index contributed by atoms with van der Waals surface area (Å²) in [7, 11) is 0. The molecule has 1 saturated heterocycles. The Morgan fingerprint density at radius 1 is 1.50 bits per heavy atom. The molecule has 4 nitrogen and oxygen atoms in total. The van der Waals surface area contributed by atoms with Crippen molar-refractivity contribution in [1.29, 1.82) is 5.26 Å². The van der Waals surface area contributed by atoms with Crippen molar-refractivity contribution in [3.63, 3.8) is 0 Å². The fraction of sp³-hybridized carbons (Fsp3) is 0.333. The van der Waals surface area contributed by atoms with E-state index >= 15 is 0 Å². The number of carbonyl (C=O) groups is 1. The smallest absolute Gasteiger partial charge is 0.240 e. The van der Waals surface area contributed by atoms with Gasteiger partial charge in [-0.25, -0.2) is 0 Å². The van der Waals surface area contributed by atoms with E-state index in [2.05, 4.69) is 6.07 Å². The molecule has 0 bridgehead atoms. The molecule has 0 saturated carbocycles. The van der Waals surface area contributed by atoms with Crippen LogP contribution in [-0.4, -0.2) is 18.5 Å². The Hall–Kier alpha value is -2.02. The molecule has 0 spiro atoms. The number of nitrogens with two attached hydrogens (primary N) is 1. The van der Waals surface area contributed by atoms with Crippen LogP contribution in [0.5, 0.6) is 0 Å². The molecule has 1 aromatic rings. The van der Waals surface area contributed by atoms with Gasteiger partial charge in [-0.05, 0) is 25.0 Å². The molecule has 0 aromatic heterocycles. The third kappa shape index (κ3) is 1.72. The molecular weight excluding hydrogens is 202 g/mol. The van der Waals surface area contributed by atoms with Crippen LogP contribution >= 0.6 is 0 Å².